The largest absolute Gasteiger partial charge is 0.481 e. The molecule has 0 bridgehead atoms. The number of carboxylic acid groups (broad SMARTS) is 1. The lowest BCUT2D eigenvalue weighted by molar-refractivity contribution is -0.137. The minimum Gasteiger partial charge on any atom is -0.481 e. The third-order valence-corrected chi connectivity index (χ3v) is 8.10. The molecule has 1 saturated carbocycles. The fraction of sp³-hybridized carbons (Fsp3) is 0.696. The highest BCUT2D eigenvalue weighted by Crippen LogP contribution is 2.57. The Hall–Kier alpha value is -0.730. The van der Waals surface area contributed by atoms with Crippen molar-refractivity contribution in [2.75, 3.05) is 0 Å². The summed E-state index contributed by atoms with van der Waals surface area (Å²) in [7, 11) is 0. The van der Waals surface area contributed by atoms with Crippen molar-refractivity contribution >= 4 is 29.2 Å². The molecule has 2 atom stereocenters. The second kappa shape index (κ2) is 8.74. The molecule has 1 fully saturated rings. The topological polar surface area (TPSA) is 37.3 Å². The molecule has 27 heavy (non-hydrogen) atoms. The Morgan fingerprint density at radius 3 is 2.59 bits per heavy atom. The number of aliphatic carboxylic acids is 1. The van der Waals surface area contributed by atoms with Gasteiger partial charge in [0.1, 0.15) is 0 Å². The number of carboxylic acids is 1. The molecule has 0 unspecified atom stereocenters. The van der Waals surface area contributed by atoms with Crippen molar-refractivity contribution in [3.05, 3.63) is 32.9 Å². The highest BCUT2D eigenvalue weighted by molar-refractivity contribution is 6.42. The Kier molecular flexibility index (Phi) is 6.79. The monoisotopic (exact) mass is 410 g/mol. The van der Waals surface area contributed by atoms with Gasteiger partial charge in [0.2, 0.25) is 0 Å². The van der Waals surface area contributed by atoms with Crippen LogP contribution >= 0.6 is 23.2 Å². The maximum atomic E-state index is 10.8. The Labute approximate surface area is 173 Å². The molecule has 0 saturated heterocycles. The van der Waals surface area contributed by atoms with Crippen molar-refractivity contribution in [2.24, 2.45) is 17.3 Å². The predicted molar refractivity (Wildman–Crippen MR) is 113 cm³/mol. The molecule has 4 heteroatoms. The summed E-state index contributed by atoms with van der Waals surface area (Å²) in [4.78, 5) is 10.8. The van der Waals surface area contributed by atoms with E-state index in [9.17, 15) is 4.79 Å². The molecule has 0 aromatic heterocycles. The van der Waals surface area contributed by atoms with Gasteiger partial charge in [-0.25, -0.2) is 0 Å². The van der Waals surface area contributed by atoms with Gasteiger partial charge in [0, 0.05) is 6.42 Å². The molecular weight excluding hydrogens is 379 g/mol. The van der Waals surface area contributed by atoms with Crippen LogP contribution in [0.1, 0.15) is 84.5 Å². The summed E-state index contributed by atoms with van der Waals surface area (Å²) in [5, 5.41) is 10.4. The first-order valence-electron chi connectivity index (χ1n) is 10.5. The lowest BCUT2D eigenvalue weighted by Gasteiger charge is -2.32. The van der Waals surface area contributed by atoms with E-state index in [-0.39, 0.29) is 6.42 Å². The third kappa shape index (κ3) is 4.65. The van der Waals surface area contributed by atoms with Crippen LogP contribution in [-0.4, -0.2) is 11.1 Å². The molecular formula is C23H32Cl2O2. The Bertz CT molecular complexity index is 682. The molecule has 0 aromatic rings. The summed E-state index contributed by atoms with van der Waals surface area (Å²) in [5.74, 6) is 0.491. The van der Waals surface area contributed by atoms with E-state index < -0.39 is 5.97 Å². The zero-order chi connectivity index (χ0) is 19.6. The van der Waals surface area contributed by atoms with Crippen molar-refractivity contribution in [1.82, 2.24) is 0 Å². The van der Waals surface area contributed by atoms with Gasteiger partial charge < -0.3 is 5.11 Å². The minimum atomic E-state index is -0.716. The zero-order valence-corrected chi connectivity index (χ0v) is 18.1. The van der Waals surface area contributed by atoms with Crippen LogP contribution in [-0.2, 0) is 4.79 Å². The predicted octanol–water partition coefficient (Wildman–Crippen LogP) is 7.57. The summed E-state index contributed by atoms with van der Waals surface area (Å²) < 4.78 is 0. The lowest BCUT2D eigenvalue weighted by Crippen LogP contribution is -2.22. The van der Waals surface area contributed by atoms with Crippen molar-refractivity contribution in [3.8, 4) is 0 Å². The van der Waals surface area contributed by atoms with Crippen LogP contribution in [0, 0.1) is 17.3 Å². The van der Waals surface area contributed by atoms with Crippen molar-refractivity contribution in [3.63, 3.8) is 0 Å². The van der Waals surface area contributed by atoms with E-state index in [1.165, 1.54) is 36.8 Å². The fourth-order valence-corrected chi connectivity index (χ4v) is 5.95. The van der Waals surface area contributed by atoms with Crippen molar-refractivity contribution in [2.45, 2.75) is 84.5 Å². The molecule has 3 rings (SSSR count). The molecule has 0 spiro atoms. The average molecular weight is 411 g/mol. The van der Waals surface area contributed by atoms with Crippen LogP contribution in [0.5, 0.6) is 0 Å². The first kappa shape index (κ1) is 21.0. The van der Waals surface area contributed by atoms with Gasteiger partial charge in [-0.05, 0) is 73.3 Å². The first-order valence-corrected chi connectivity index (χ1v) is 11.3. The maximum Gasteiger partial charge on any atom is 0.303 e. The summed E-state index contributed by atoms with van der Waals surface area (Å²) in [5.41, 5.74) is 4.29. The van der Waals surface area contributed by atoms with Crippen LogP contribution in [0.4, 0.5) is 0 Å². The van der Waals surface area contributed by atoms with E-state index >= 15 is 0 Å². The summed E-state index contributed by atoms with van der Waals surface area (Å²) in [6.07, 6.45) is 13.6. The van der Waals surface area contributed by atoms with Gasteiger partial charge in [0.25, 0.3) is 0 Å². The van der Waals surface area contributed by atoms with Gasteiger partial charge in [-0.3, -0.25) is 4.79 Å². The third-order valence-electron chi connectivity index (χ3n) is 7.15. The minimum absolute atomic E-state index is 0.237. The molecule has 3 aliphatic carbocycles. The fourth-order valence-electron chi connectivity index (χ4n) is 5.37. The molecule has 0 aromatic carbocycles. The number of halogens is 2. The van der Waals surface area contributed by atoms with Crippen molar-refractivity contribution in [1.29, 1.82) is 0 Å². The number of allylic oxidation sites excluding steroid dienone is 6. The quantitative estimate of drug-likeness (QED) is 0.469. The second-order valence-electron chi connectivity index (χ2n) is 9.05. The van der Waals surface area contributed by atoms with E-state index in [1.54, 1.807) is 0 Å². The molecule has 1 N–H and O–H groups in total. The van der Waals surface area contributed by atoms with Gasteiger partial charge in [0.15, 0.2) is 0 Å². The van der Waals surface area contributed by atoms with Gasteiger partial charge in [-0.1, -0.05) is 68.0 Å². The van der Waals surface area contributed by atoms with E-state index in [1.807, 2.05) is 0 Å². The molecule has 0 radical (unpaired) electrons. The molecule has 0 amide bonds. The number of rotatable bonds is 7. The van der Waals surface area contributed by atoms with Crippen molar-refractivity contribution < 1.29 is 9.90 Å². The van der Waals surface area contributed by atoms with Crippen LogP contribution in [0.15, 0.2) is 32.9 Å². The summed E-state index contributed by atoms with van der Waals surface area (Å²) in [6.45, 7) is 4.57. The molecule has 0 aliphatic heterocycles. The van der Waals surface area contributed by atoms with Gasteiger partial charge in [0.05, 0.1) is 10.1 Å². The standard InChI is InChI=1S/C23H32Cl2O2/c1-3-15(9-11-20(26)27)8-10-16-12-17-13-23(2,18-6-4-5-7-18)14-19(17)22(25)21(16)24/h10,15,18H,3-9,11-14H2,1-2H3,(H,26,27)/b16-10+/t15-,23-/m1/s1. The summed E-state index contributed by atoms with van der Waals surface area (Å²) >= 11 is 13.4. The lowest BCUT2D eigenvalue weighted by atomic mass is 9.73. The highest BCUT2D eigenvalue weighted by atomic mass is 35.5. The maximum absolute atomic E-state index is 10.8. The van der Waals surface area contributed by atoms with E-state index in [0.29, 0.717) is 11.3 Å². The number of hydrogen-bond donors (Lipinski definition) is 1. The Morgan fingerprint density at radius 2 is 1.96 bits per heavy atom. The normalized spacial score (nSPS) is 29.0. The smallest absolute Gasteiger partial charge is 0.303 e. The Morgan fingerprint density at radius 1 is 1.26 bits per heavy atom. The van der Waals surface area contributed by atoms with Crippen LogP contribution in [0.3, 0.4) is 0 Å². The Balaban J connectivity index is 1.70. The van der Waals surface area contributed by atoms with Crippen LogP contribution in [0.25, 0.3) is 0 Å². The van der Waals surface area contributed by atoms with Crippen LogP contribution < -0.4 is 0 Å². The van der Waals surface area contributed by atoms with Crippen LogP contribution in [0.2, 0.25) is 0 Å². The first-order chi connectivity index (χ1) is 12.8. The molecule has 150 valence electrons. The number of hydrogen-bond acceptors (Lipinski definition) is 1. The second-order valence-corrected chi connectivity index (χ2v) is 9.80. The zero-order valence-electron chi connectivity index (χ0n) is 16.6. The molecule has 0 heterocycles. The van der Waals surface area contributed by atoms with E-state index in [2.05, 4.69) is 19.9 Å². The van der Waals surface area contributed by atoms with E-state index in [0.717, 1.165) is 60.1 Å². The van der Waals surface area contributed by atoms with Gasteiger partial charge >= 0.3 is 5.97 Å². The van der Waals surface area contributed by atoms with Gasteiger partial charge in [-0.2, -0.15) is 0 Å². The summed E-state index contributed by atoms with van der Waals surface area (Å²) in [6, 6.07) is 0. The highest BCUT2D eigenvalue weighted by Gasteiger charge is 2.44. The molecule has 2 nitrogen and oxygen atoms in total. The average Bonchev–Trinajstić information content (AvgIpc) is 3.27. The van der Waals surface area contributed by atoms with Gasteiger partial charge in [-0.15, -0.1) is 0 Å². The number of carbonyl (C=O) groups is 1. The van der Waals surface area contributed by atoms with E-state index in [4.69, 9.17) is 28.3 Å². The SMILES string of the molecule is CC[C@H](C/C=C1\CC2=C(C[C@](C)(C3CCCC3)C2)C(Cl)=C1Cl)CCC(=O)O. The molecule has 3 aliphatic rings.